The minimum Gasteiger partial charge on any atom is -0.481 e. The van der Waals surface area contributed by atoms with Gasteiger partial charge in [0.15, 0.2) is 0 Å². The largest absolute Gasteiger partial charge is 0.481 e. The van der Waals surface area contributed by atoms with Gasteiger partial charge in [-0.1, -0.05) is 12.8 Å². The molecule has 0 aromatic rings. The van der Waals surface area contributed by atoms with Gasteiger partial charge in [0.2, 0.25) is 0 Å². The zero-order chi connectivity index (χ0) is 5.98. The number of carboxylic acids is 1. The van der Waals surface area contributed by atoms with E-state index in [1.54, 1.807) is 0 Å². The summed E-state index contributed by atoms with van der Waals surface area (Å²) in [5.74, 6) is -0.627. The molecule has 1 saturated carbocycles. The van der Waals surface area contributed by atoms with E-state index in [9.17, 15) is 4.79 Å². The zero-order valence-corrected chi connectivity index (χ0v) is 4.76. The molecule has 0 aromatic heterocycles. The van der Waals surface area contributed by atoms with Crippen LogP contribution in [0.5, 0.6) is 0 Å². The Hall–Kier alpha value is -0.530. The second-order valence-electron chi connectivity index (χ2n) is 2.32. The molecular formula is C6H10O2. The average Bonchev–Trinajstić information content (AvgIpc) is 2.12. The van der Waals surface area contributed by atoms with Gasteiger partial charge in [0.05, 0.1) is 5.92 Å². The second-order valence-corrected chi connectivity index (χ2v) is 2.32. The highest BCUT2D eigenvalue weighted by molar-refractivity contribution is 5.70. The van der Waals surface area contributed by atoms with Crippen LogP contribution in [0.25, 0.3) is 0 Å². The molecule has 1 rings (SSSR count). The Morgan fingerprint density at radius 1 is 1.38 bits per heavy atom. The van der Waals surface area contributed by atoms with Crippen molar-refractivity contribution < 1.29 is 9.90 Å². The highest BCUT2D eigenvalue weighted by Gasteiger charge is 2.20. The van der Waals surface area contributed by atoms with Crippen LogP contribution in [0.1, 0.15) is 25.7 Å². The fourth-order valence-corrected chi connectivity index (χ4v) is 1.17. The van der Waals surface area contributed by atoms with Crippen molar-refractivity contribution in [2.75, 3.05) is 0 Å². The Kier molecular flexibility index (Phi) is 1.51. The first-order chi connectivity index (χ1) is 3.80. The molecule has 0 saturated heterocycles. The topological polar surface area (TPSA) is 37.3 Å². The Bertz CT molecular complexity index is 92.7. The third kappa shape index (κ3) is 0.997. The smallest absolute Gasteiger partial charge is 0.306 e. The second kappa shape index (κ2) is 2.16. The van der Waals surface area contributed by atoms with E-state index in [1.807, 2.05) is 0 Å². The van der Waals surface area contributed by atoms with Crippen LogP contribution in [-0.2, 0) is 4.79 Å². The molecule has 0 radical (unpaired) electrons. The molecule has 0 heterocycles. The SMILES string of the molecule is O=C(O)[13CH]1CCCC1. The number of rotatable bonds is 1. The van der Waals surface area contributed by atoms with E-state index in [2.05, 4.69) is 0 Å². The van der Waals surface area contributed by atoms with Crippen LogP contribution in [0, 0.1) is 5.92 Å². The van der Waals surface area contributed by atoms with Gasteiger partial charge in [0.1, 0.15) is 0 Å². The standard InChI is InChI=1S/C6H10O2/c7-6(8)5-3-1-2-4-5/h5H,1-4H2,(H,7,8)/i5+1. The highest BCUT2D eigenvalue weighted by Crippen LogP contribution is 2.24. The van der Waals surface area contributed by atoms with E-state index in [1.165, 1.54) is 0 Å². The molecule has 2 nitrogen and oxygen atoms in total. The molecule has 0 aliphatic heterocycles. The van der Waals surface area contributed by atoms with Crippen molar-refractivity contribution in [3.63, 3.8) is 0 Å². The van der Waals surface area contributed by atoms with Crippen molar-refractivity contribution in [2.45, 2.75) is 25.7 Å². The maximum Gasteiger partial charge on any atom is 0.306 e. The monoisotopic (exact) mass is 115 g/mol. The van der Waals surface area contributed by atoms with Crippen molar-refractivity contribution in [3.8, 4) is 0 Å². The van der Waals surface area contributed by atoms with Crippen LogP contribution in [-0.4, -0.2) is 11.1 Å². The van der Waals surface area contributed by atoms with E-state index < -0.39 is 5.97 Å². The summed E-state index contributed by atoms with van der Waals surface area (Å²) in [4.78, 5) is 10.2. The molecule has 8 heavy (non-hydrogen) atoms. The van der Waals surface area contributed by atoms with Gasteiger partial charge in [-0.05, 0) is 12.8 Å². The molecule has 1 fully saturated rings. The first-order valence-electron chi connectivity index (χ1n) is 3.03. The summed E-state index contributed by atoms with van der Waals surface area (Å²) >= 11 is 0. The molecule has 0 bridgehead atoms. The van der Waals surface area contributed by atoms with E-state index in [4.69, 9.17) is 5.11 Å². The van der Waals surface area contributed by atoms with E-state index in [0.29, 0.717) is 0 Å². The van der Waals surface area contributed by atoms with Crippen molar-refractivity contribution in [2.24, 2.45) is 5.92 Å². The summed E-state index contributed by atoms with van der Waals surface area (Å²) in [5.41, 5.74) is 0. The lowest BCUT2D eigenvalue weighted by atomic mass is 10.4. The van der Waals surface area contributed by atoms with Crippen LogP contribution in [0.4, 0.5) is 0 Å². The van der Waals surface area contributed by atoms with Gasteiger partial charge in [-0.2, -0.15) is 0 Å². The molecule has 1 aliphatic carbocycles. The van der Waals surface area contributed by atoms with Crippen molar-refractivity contribution in [1.29, 1.82) is 0 Å². The van der Waals surface area contributed by atoms with Crippen LogP contribution in [0.2, 0.25) is 0 Å². The summed E-state index contributed by atoms with van der Waals surface area (Å²) in [7, 11) is 0. The van der Waals surface area contributed by atoms with Gasteiger partial charge in [-0.25, -0.2) is 0 Å². The Morgan fingerprint density at radius 2 is 1.88 bits per heavy atom. The van der Waals surface area contributed by atoms with Gasteiger partial charge >= 0.3 is 5.97 Å². The third-order valence-electron chi connectivity index (χ3n) is 1.70. The Morgan fingerprint density at radius 3 is 2.12 bits per heavy atom. The molecule has 0 atom stereocenters. The van der Waals surface area contributed by atoms with Gasteiger partial charge in [0.25, 0.3) is 0 Å². The average molecular weight is 115 g/mol. The number of aliphatic carboxylic acids is 1. The van der Waals surface area contributed by atoms with Gasteiger partial charge in [-0.3, -0.25) is 4.79 Å². The fraction of sp³-hybridized carbons (Fsp3) is 0.833. The Balaban J connectivity index is 2.35. The summed E-state index contributed by atoms with van der Waals surface area (Å²) < 4.78 is 0. The lowest BCUT2D eigenvalue weighted by molar-refractivity contribution is -0.141. The molecule has 2 heteroatoms. The predicted octanol–water partition coefficient (Wildman–Crippen LogP) is 1.26. The molecule has 0 spiro atoms. The lowest BCUT2D eigenvalue weighted by Gasteiger charge is -1.97. The van der Waals surface area contributed by atoms with Crippen LogP contribution in [0.3, 0.4) is 0 Å². The number of hydrogen-bond acceptors (Lipinski definition) is 1. The number of hydrogen-bond donors (Lipinski definition) is 1. The van der Waals surface area contributed by atoms with Crippen LogP contribution < -0.4 is 0 Å². The van der Waals surface area contributed by atoms with Crippen LogP contribution >= 0.6 is 0 Å². The first-order valence-corrected chi connectivity index (χ1v) is 3.03. The minimum atomic E-state index is -0.609. The van der Waals surface area contributed by atoms with Crippen molar-refractivity contribution in [1.82, 2.24) is 0 Å². The molecule has 0 aromatic carbocycles. The molecule has 0 amide bonds. The lowest BCUT2D eigenvalue weighted by Crippen LogP contribution is -2.07. The van der Waals surface area contributed by atoms with E-state index in [0.717, 1.165) is 25.7 Å². The number of carboxylic acid groups (broad SMARTS) is 1. The van der Waals surface area contributed by atoms with Crippen LogP contribution in [0.15, 0.2) is 0 Å². The van der Waals surface area contributed by atoms with Crippen molar-refractivity contribution >= 4 is 5.97 Å². The van der Waals surface area contributed by atoms with Gasteiger partial charge in [0, 0.05) is 0 Å². The summed E-state index contributed by atoms with van der Waals surface area (Å²) in [6.45, 7) is 0. The fourth-order valence-electron chi connectivity index (χ4n) is 1.17. The van der Waals surface area contributed by atoms with E-state index in [-0.39, 0.29) is 5.92 Å². The summed E-state index contributed by atoms with van der Waals surface area (Å²) in [6.07, 6.45) is 4.01. The maximum absolute atomic E-state index is 10.2. The summed E-state index contributed by atoms with van der Waals surface area (Å²) in [6, 6.07) is 0. The predicted molar refractivity (Wildman–Crippen MR) is 29.6 cm³/mol. The molecule has 46 valence electrons. The Labute approximate surface area is 48.5 Å². The highest BCUT2D eigenvalue weighted by atomic mass is 16.4. The molecule has 1 aliphatic rings. The van der Waals surface area contributed by atoms with Crippen molar-refractivity contribution in [3.05, 3.63) is 0 Å². The van der Waals surface area contributed by atoms with E-state index >= 15 is 0 Å². The number of carbonyl (C=O) groups is 1. The quantitative estimate of drug-likeness (QED) is 0.522. The van der Waals surface area contributed by atoms with Gasteiger partial charge in [-0.15, -0.1) is 0 Å². The first kappa shape index (κ1) is 5.60. The summed E-state index contributed by atoms with van der Waals surface area (Å²) in [5, 5.41) is 8.41. The maximum atomic E-state index is 10.2. The zero-order valence-electron chi connectivity index (χ0n) is 4.76. The molecule has 1 N–H and O–H groups in total. The molecular weight excluding hydrogens is 105 g/mol. The van der Waals surface area contributed by atoms with Gasteiger partial charge < -0.3 is 5.11 Å². The molecule has 0 unspecified atom stereocenters. The normalized spacial score (nSPS) is 21.5. The minimum absolute atomic E-state index is 0.0185. The third-order valence-corrected chi connectivity index (χ3v) is 1.70.